The first-order valence-electron chi connectivity index (χ1n) is 5.69. The fraction of sp³-hybridized carbons (Fsp3) is 0.769. The molecule has 0 heterocycles. The molecule has 1 rings (SSSR count). The minimum atomic E-state index is 0.467. The van der Waals surface area contributed by atoms with Gasteiger partial charge in [0.15, 0.2) is 0 Å². The Morgan fingerprint density at radius 2 is 2.36 bits per heavy atom. The van der Waals surface area contributed by atoms with Gasteiger partial charge in [-0.25, -0.2) is 0 Å². The van der Waals surface area contributed by atoms with Crippen molar-refractivity contribution >= 4 is 6.21 Å². The van der Waals surface area contributed by atoms with Crippen LogP contribution in [0.25, 0.3) is 0 Å². The van der Waals surface area contributed by atoms with Crippen LogP contribution < -0.4 is 0 Å². The summed E-state index contributed by atoms with van der Waals surface area (Å²) in [6.45, 7) is 8.82. The molecule has 1 nitrogen and oxygen atoms in total. The lowest BCUT2D eigenvalue weighted by molar-refractivity contribution is 0.186. The summed E-state index contributed by atoms with van der Waals surface area (Å²) in [5, 5.41) is 0. The standard InChI is InChI=1S/C13H23N/c1-5-13(6-7-14-4)9-11(2)8-12(3)10-13/h7,12H,2,5-6,8-10H2,1,3-4H3. The molecule has 2 unspecified atom stereocenters. The Labute approximate surface area is 88.3 Å². The lowest BCUT2D eigenvalue weighted by Gasteiger charge is -2.40. The molecule has 2 atom stereocenters. The van der Waals surface area contributed by atoms with Crippen LogP contribution in [-0.4, -0.2) is 13.3 Å². The normalized spacial score (nSPS) is 33.9. The van der Waals surface area contributed by atoms with Crippen LogP contribution in [0.1, 0.15) is 46.0 Å². The number of hydrogen-bond acceptors (Lipinski definition) is 1. The topological polar surface area (TPSA) is 12.4 Å². The Kier molecular flexibility index (Phi) is 3.91. The fourth-order valence-corrected chi connectivity index (χ4v) is 2.83. The molecule has 1 saturated carbocycles. The summed E-state index contributed by atoms with van der Waals surface area (Å²) in [7, 11) is 1.87. The van der Waals surface area contributed by atoms with Gasteiger partial charge in [0.1, 0.15) is 0 Å². The Morgan fingerprint density at radius 3 is 2.86 bits per heavy atom. The van der Waals surface area contributed by atoms with E-state index in [0.29, 0.717) is 5.41 Å². The highest BCUT2D eigenvalue weighted by Crippen LogP contribution is 2.45. The van der Waals surface area contributed by atoms with Crippen molar-refractivity contribution in [3.8, 4) is 0 Å². The summed E-state index contributed by atoms with van der Waals surface area (Å²) in [6, 6.07) is 0. The molecule has 0 bridgehead atoms. The van der Waals surface area contributed by atoms with E-state index in [1.807, 2.05) is 7.05 Å². The van der Waals surface area contributed by atoms with Gasteiger partial charge in [-0.1, -0.05) is 26.0 Å². The van der Waals surface area contributed by atoms with Crippen molar-refractivity contribution in [2.75, 3.05) is 7.05 Å². The van der Waals surface area contributed by atoms with E-state index in [4.69, 9.17) is 0 Å². The summed E-state index contributed by atoms with van der Waals surface area (Å²) in [5.74, 6) is 0.807. The third-order valence-corrected chi connectivity index (χ3v) is 3.50. The van der Waals surface area contributed by atoms with Crippen LogP contribution in [0.2, 0.25) is 0 Å². The van der Waals surface area contributed by atoms with Crippen LogP contribution in [0.5, 0.6) is 0 Å². The first-order chi connectivity index (χ1) is 6.62. The minimum absolute atomic E-state index is 0.467. The SMILES string of the molecule is C=C1CC(C)CC(CC)(CC=NC)C1. The van der Waals surface area contributed by atoms with E-state index in [0.717, 1.165) is 12.3 Å². The minimum Gasteiger partial charge on any atom is -0.301 e. The second kappa shape index (κ2) is 4.77. The van der Waals surface area contributed by atoms with Crippen LogP contribution in [0.3, 0.4) is 0 Å². The maximum absolute atomic E-state index is 4.17. The van der Waals surface area contributed by atoms with E-state index >= 15 is 0 Å². The zero-order valence-electron chi connectivity index (χ0n) is 9.84. The molecule has 0 aromatic rings. The molecule has 0 saturated heterocycles. The van der Waals surface area contributed by atoms with Crippen molar-refractivity contribution in [3.05, 3.63) is 12.2 Å². The number of hydrogen-bond donors (Lipinski definition) is 0. The number of rotatable bonds is 3. The molecule has 0 amide bonds. The molecule has 1 aliphatic rings. The lowest BCUT2D eigenvalue weighted by Crippen LogP contribution is -2.28. The van der Waals surface area contributed by atoms with E-state index in [1.165, 1.54) is 31.3 Å². The Hall–Kier alpha value is -0.590. The first-order valence-corrected chi connectivity index (χ1v) is 5.69. The molecule has 80 valence electrons. The summed E-state index contributed by atoms with van der Waals surface area (Å²) in [4.78, 5) is 4.12. The summed E-state index contributed by atoms with van der Waals surface area (Å²) < 4.78 is 0. The fourth-order valence-electron chi connectivity index (χ4n) is 2.83. The molecular weight excluding hydrogens is 170 g/mol. The van der Waals surface area contributed by atoms with Gasteiger partial charge in [0.2, 0.25) is 0 Å². The smallest absolute Gasteiger partial charge is 0.0273 e. The molecule has 14 heavy (non-hydrogen) atoms. The van der Waals surface area contributed by atoms with Gasteiger partial charge in [-0.3, -0.25) is 0 Å². The van der Waals surface area contributed by atoms with Crippen LogP contribution >= 0.6 is 0 Å². The van der Waals surface area contributed by atoms with Crippen molar-refractivity contribution < 1.29 is 0 Å². The van der Waals surface area contributed by atoms with Gasteiger partial charge >= 0.3 is 0 Å². The number of nitrogens with zero attached hydrogens (tertiary/aromatic N) is 1. The highest BCUT2D eigenvalue weighted by Gasteiger charge is 2.33. The van der Waals surface area contributed by atoms with Crippen molar-refractivity contribution in [3.63, 3.8) is 0 Å². The molecule has 1 aliphatic carbocycles. The van der Waals surface area contributed by atoms with Crippen LogP contribution in [0.15, 0.2) is 17.1 Å². The quantitative estimate of drug-likeness (QED) is 0.477. The highest BCUT2D eigenvalue weighted by atomic mass is 14.6. The van der Waals surface area contributed by atoms with Gasteiger partial charge in [-0.2, -0.15) is 0 Å². The van der Waals surface area contributed by atoms with Crippen LogP contribution in [0, 0.1) is 11.3 Å². The number of allylic oxidation sites excluding steroid dienone is 1. The Balaban J connectivity index is 2.71. The molecule has 0 spiro atoms. The summed E-state index contributed by atoms with van der Waals surface area (Å²) in [6.07, 6.45) is 8.24. The highest BCUT2D eigenvalue weighted by molar-refractivity contribution is 5.58. The van der Waals surface area contributed by atoms with E-state index in [2.05, 4.69) is 31.6 Å². The first kappa shape index (κ1) is 11.5. The van der Waals surface area contributed by atoms with Crippen molar-refractivity contribution in [1.29, 1.82) is 0 Å². The molecule has 0 aromatic carbocycles. The zero-order chi connectivity index (χ0) is 10.6. The Morgan fingerprint density at radius 1 is 1.64 bits per heavy atom. The predicted molar refractivity (Wildman–Crippen MR) is 63.9 cm³/mol. The average Bonchev–Trinajstić information content (AvgIpc) is 2.13. The van der Waals surface area contributed by atoms with E-state index in [9.17, 15) is 0 Å². The third kappa shape index (κ3) is 2.70. The van der Waals surface area contributed by atoms with Gasteiger partial charge in [0.25, 0.3) is 0 Å². The van der Waals surface area contributed by atoms with Crippen molar-refractivity contribution in [1.82, 2.24) is 0 Å². The maximum Gasteiger partial charge on any atom is 0.0273 e. The third-order valence-electron chi connectivity index (χ3n) is 3.50. The molecule has 0 radical (unpaired) electrons. The second-order valence-electron chi connectivity index (χ2n) is 4.94. The lowest BCUT2D eigenvalue weighted by atomic mass is 9.65. The predicted octanol–water partition coefficient (Wildman–Crippen LogP) is 3.85. The zero-order valence-corrected chi connectivity index (χ0v) is 9.84. The molecule has 0 aliphatic heterocycles. The van der Waals surface area contributed by atoms with E-state index in [1.54, 1.807) is 0 Å². The molecule has 0 N–H and O–H groups in total. The van der Waals surface area contributed by atoms with Crippen LogP contribution in [0.4, 0.5) is 0 Å². The molecule has 1 heteroatoms. The monoisotopic (exact) mass is 193 g/mol. The average molecular weight is 193 g/mol. The van der Waals surface area contributed by atoms with Crippen molar-refractivity contribution in [2.45, 2.75) is 46.0 Å². The van der Waals surface area contributed by atoms with Gasteiger partial charge in [0.05, 0.1) is 0 Å². The van der Waals surface area contributed by atoms with Gasteiger partial charge < -0.3 is 4.99 Å². The molecule has 0 aromatic heterocycles. The van der Waals surface area contributed by atoms with Crippen LogP contribution in [-0.2, 0) is 0 Å². The maximum atomic E-state index is 4.17. The van der Waals surface area contributed by atoms with Crippen molar-refractivity contribution in [2.24, 2.45) is 16.3 Å². The van der Waals surface area contributed by atoms with Gasteiger partial charge in [0, 0.05) is 7.05 Å². The summed E-state index contributed by atoms with van der Waals surface area (Å²) in [5.41, 5.74) is 1.91. The summed E-state index contributed by atoms with van der Waals surface area (Å²) >= 11 is 0. The molecular formula is C13H23N. The number of aliphatic imine (C=N–C) groups is 1. The Bertz CT molecular complexity index is 229. The second-order valence-corrected chi connectivity index (χ2v) is 4.94. The van der Waals surface area contributed by atoms with Gasteiger partial charge in [-0.05, 0) is 49.7 Å². The van der Waals surface area contributed by atoms with Gasteiger partial charge in [-0.15, -0.1) is 0 Å². The van der Waals surface area contributed by atoms with E-state index < -0.39 is 0 Å². The largest absolute Gasteiger partial charge is 0.301 e. The molecule has 1 fully saturated rings. The van der Waals surface area contributed by atoms with E-state index in [-0.39, 0.29) is 0 Å².